The Balaban J connectivity index is 1.19. The first kappa shape index (κ1) is 41.5. The zero-order valence-corrected chi connectivity index (χ0v) is 33.3. The van der Waals surface area contributed by atoms with Gasteiger partial charge in [0.15, 0.2) is 0 Å². The highest BCUT2D eigenvalue weighted by Gasteiger charge is 2.70. The Bertz CT molecular complexity index is 2660. The summed E-state index contributed by atoms with van der Waals surface area (Å²) >= 11 is 0. The first-order valence-corrected chi connectivity index (χ1v) is 20.1. The maximum atomic E-state index is 15.4. The van der Waals surface area contributed by atoms with Crippen LogP contribution in [-0.2, 0) is 43.6 Å². The molecule has 0 spiro atoms. The molecule has 4 aliphatic rings. The summed E-state index contributed by atoms with van der Waals surface area (Å²) in [4.78, 5) is 59.6. The largest absolute Gasteiger partial charge is 0.508 e. The fourth-order valence-corrected chi connectivity index (χ4v) is 10.0. The van der Waals surface area contributed by atoms with Crippen LogP contribution in [0.5, 0.6) is 11.5 Å². The van der Waals surface area contributed by atoms with E-state index in [0.29, 0.717) is 33.9 Å². The van der Waals surface area contributed by atoms with Crippen molar-refractivity contribution >= 4 is 35.0 Å². The maximum Gasteiger partial charge on any atom is 0.416 e. The van der Waals surface area contributed by atoms with Crippen LogP contribution in [0.25, 0.3) is 0 Å². The molecule has 0 aromatic heterocycles. The highest BCUT2D eigenvalue weighted by atomic mass is 19.4. The van der Waals surface area contributed by atoms with Gasteiger partial charge in [0.1, 0.15) is 18.1 Å². The number of carbonyl (C=O) groups is 4. The van der Waals surface area contributed by atoms with E-state index in [0.717, 1.165) is 16.1 Å². The summed E-state index contributed by atoms with van der Waals surface area (Å²) in [5.74, 6) is -9.48. The second-order valence-corrected chi connectivity index (χ2v) is 16.4. The molecule has 6 unspecified atom stereocenters. The number of fused-ring (bicyclic) bond motifs is 4. The molecule has 2 N–H and O–H groups in total. The number of carbonyl (C=O) groups excluding carboxylic acids is 4. The van der Waals surface area contributed by atoms with Crippen LogP contribution in [0.15, 0.2) is 133 Å². The monoisotopic (exact) mass is 865 g/mol. The SMILES string of the molecule is Cc1ccc(NN2C(=O)C3CC4C(=CCC5C(=O)N(c6cc(C(F)(F)F)cc(C(F)(F)F)c6)C(=O)C54)C(c4ccc(OCc5ccccc5)cc4O)C3(c3ccccc3)C2=O)cc1. The number of allylic oxidation sites excluding steroid dienone is 2. The van der Waals surface area contributed by atoms with E-state index in [1.807, 2.05) is 37.3 Å². The third-order valence-corrected chi connectivity index (χ3v) is 12.8. The molecule has 2 heterocycles. The smallest absolute Gasteiger partial charge is 0.416 e. The van der Waals surface area contributed by atoms with E-state index in [2.05, 4.69) is 5.43 Å². The number of aromatic hydroxyl groups is 1. The van der Waals surface area contributed by atoms with Gasteiger partial charge in [0, 0.05) is 17.5 Å². The number of hydrazine groups is 1. The quantitative estimate of drug-likeness (QED) is 0.0908. The molecule has 2 saturated heterocycles. The fourth-order valence-electron chi connectivity index (χ4n) is 10.0. The molecule has 9 rings (SSSR count). The number of rotatable bonds is 8. The summed E-state index contributed by atoms with van der Waals surface area (Å²) < 4.78 is 90.1. The summed E-state index contributed by atoms with van der Waals surface area (Å²) in [5.41, 5.74) is 0.0892. The maximum absolute atomic E-state index is 15.4. The number of nitrogens with zero attached hydrogens (tertiary/aromatic N) is 2. The minimum Gasteiger partial charge on any atom is -0.508 e. The highest BCUT2D eigenvalue weighted by Crippen LogP contribution is 2.65. The molecule has 1 saturated carbocycles. The molecule has 2 aliphatic carbocycles. The molecule has 0 radical (unpaired) electrons. The van der Waals surface area contributed by atoms with Gasteiger partial charge in [-0.15, -0.1) is 0 Å². The minimum absolute atomic E-state index is 0.0836. The third-order valence-electron chi connectivity index (χ3n) is 12.8. The van der Waals surface area contributed by atoms with Gasteiger partial charge in [-0.2, -0.15) is 31.4 Å². The molecular weight excluding hydrogens is 829 g/mol. The summed E-state index contributed by atoms with van der Waals surface area (Å²) in [5, 5.41) is 12.9. The third kappa shape index (κ3) is 6.90. The van der Waals surface area contributed by atoms with Crippen molar-refractivity contribution in [2.75, 3.05) is 10.3 Å². The van der Waals surface area contributed by atoms with Gasteiger partial charge in [0.2, 0.25) is 11.8 Å². The van der Waals surface area contributed by atoms with Gasteiger partial charge >= 0.3 is 12.4 Å². The molecule has 0 bridgehead atoms. The van der Waals surface area contributed by atoms with Gasteiger partial charge in [-0.05, 0) is 73.2 Å². The number of phenols is 1. The number of nitrogens with one attached hydrogen (secondary N) is 1. The Morgan fingerprint density at radius 1 is 0.746 bits per heavy atom. The van der Waals surface area contributed by atoms with Crippen LogP contribution in [0.2, 0.25) is 0 Å². The molecule has 63 heavy (non-hydrogen) atoms. The zero-order chi connectivity index (χ0) is 44.6. The Morgan fingerprint density at radius 3 is 2.00 bits per heavy atom. The van der Waals surface area contributed by atoms with E-state index >= 15 is 4.79 Å². The highest BCUT2D eigenvalue weighted by molar-refractivity contribution is 6.22. The molecule has 6 atom stereocenters. The Labute approximate surface area is 356 Å². The lowest BCUT2D eigenvalue weighted by atomic mass is 9.49. The van der Waals surface area contributed by atoms with Gasteiger partial charge in [-0.3, -0.25) is 24.6 Å². The van der Waals surface area contributed by atoms with Crippen molar-refractivity contribution in [2.45, 2.75) is 50.1 Å². The van der Waals surface area contributed by atoms with Crippen molar-refractivity contribution in [1.82, 2.24) is 5.01 Å². The van der Waals surface area contributed by atoms with Crippen molar-refractivity contribution in [2.24, 2.45) is 23.7 Å². The molecule has 5 aromatic carbocycles. The van der Waals surface area contributed by atoms with Crippen molar-refractivity contribution in [3.05, 3.63) is 166 Å². The average Bonchev–Trinajstić information content (AvgIpc) is 3.64. The van der Waals surface area contributed by atoms with Crippen molar-refractivity contribution in [1.29, 1.82) is 0 Å². The van der Waals surface area contributed by atoms with Crippen LogP contribution in [0, 0.1) is 30.6 Å². The summed E-state index contributed by atoms with van der Waals surface area (Å²) in [6.07, 6.45) is -9.23. The van der Waals surface area contributed by atoms with Crippen LogP contribution < -0.4 is 15.1 Å². The molecule has 2 aliphatic heterocycles. The van der Waals surface area contributed by atoms with E-state index in [1.54, 1.807) is 72.8 Å². The molecular formula is C48H37F6N3O6. The lowest BCUT2D eigenvalue weighted by Gasteiger charge is -2.50. The van der Waals surface area contributed by atoms with Gasteiger partial charge < -0.3 is 9.84 Å². The summed E-state index contributed by atoms with van der Waals surface area (Å²) in [7, 11) is 0. The first-order valence-electron chi connectivity index (χ1n) is 20.1. The van der Waals surface area contributed by atoms with Gasteiger partial charge in [-0.25, -0.2) is 4.90 Å². The van der Waals surface area contributed by atoms with Gasteiger partial charge in [0.05, 0.1) is 45.7 Å². The van der Waals surface area contributed by atoms with E-state index in [9.17, 15) is 45.8 Å². The Morgan fingerprint density at radius 2 is 1.38 bits per heavy atom. The minimum atomic E-state index is -5.25. The normalized spacial score (nSPS) is 24.5. The number of phenolic OH excluding ortho intramolecular Hbond substituents is 1. The number of imide groups is 2. The molecule has 4 amide bonds. The molecule has 322 valence electrons. The average molecular weight is 866 g/mol. The predicted molar refractivity (Wildman–Crippen MR) is 217 cm³/mol. The van der Waals surface area contributed by atoms with Crippen LogP contribution >= 0.6 is 0 Å². The van der Waals surface area contributed by atoms with Crippen LogP contribution in [-0.4, -0.2) is 33.7 Å². The first-order chi connectivity index (χ1) is 30.0. The van der Waals surface area contributed by atoms with Crippen molar-refractivity contribution in [3.8, 4) is 11.5 Å². The Hall–Kier alpha value is -6.90. The second kappa shape index (κ2) is 15.2. The predicted octanol–water partition coefficient (Wildman–Crippen LogP) is 9.51. The standard InChI is InChI=1S/C48H37F6N3O6/c1-26-12-14-31(15-13-26)55-57-43(60)38-24-37-34(18-19-36-40(37)44(61)56(42(36)59)32-21-29(47(49,50)51)20-30(22-32)48(52,53)54)41(46(38,45(57)62)28-10-6-3-7-11-28)35-17-16-33(23-39(35)58)63-25-27-8-4-2-5-9-27/h2-18,20-23,36-38,40-41,55,58H,19,24-25H2,1H3. The number of aryl methyl sites for hydroxylation is 1. The van der Waals surface area contributed by atoms with E-state index in [1.165, 1.54) is 6.07 Å². The lowest BCUT2D eigenvalue weighted by molar-refractivity contribution is -0.143. The fraction of sp³-hybridized carbons (Fsp3) is 0.250. The number of anilines is 2. The van der Waals surface area contributed by atoms with Gasteiger partial charge in [-0.1, -0.05) is 96.1 Å². The van der Waals surface area contributed by atoms with E-state index in [4.69, 9.17) is 4.74 Å². The number of hydrogen-bond acceptors (Lipinski definition) is 7. The lowest BCUT2D eigenvalue weighted by Crippen LogP contribution is -2.53. The summed E-state index contributed by atoms with van der Waals surface area (Å²) in [6.45, 7) is 2.02. The molecule has 3 fully saturated rings. The van der Waals surface area contributed by atoms with Crippen molar-refractivity contribution < 1.29 is 55.4 Å². The van der Waals surface area contributed by atoms with Gasteiger partial charge in [0.25, 0.3) is 11.8 Å². The topological polar surface area (TPSA) is 116 Å². The Kier molecular flexibility index (Phi) is 9.98. The zero-order valence-electron chi connectivity index (χ0n) is 33.3. The van der Waals surface area contributed by atoms with Crippen molar-refractivity contribution in [3.63, 3.8) is 0 Å². The molecule has 15 heteroatoms. The molecule has 5 aromatic rings. The number of halogens is 6. The number of hydrogen-bond donors (Lipinski definition) is 2. The van der Waals surface area contributed by atoms with Crippen LogP contribution in [0.1, 0.15) is 52.1 Å². The second-order valence-electron chi connectivity index (χ2n) is 16.4. The number of benzene rings is 5. The number of amides is 4. The molecule has 9 nitrogen and oxygen atoms in total. The van der Waals surface area contributed by atoms with Crippen LogP contribution in [0.4, 0.5) is 37.7 Å². The van der Waals surface area contributed by atoms with E-state index in [-0.39, 0.29) is 42.6 Å². The summed E-state index contributed by atoms with van der Waals surface area (Å²) in [6, 6.07) is 29.9. The number of alkyl halides is 6. The van der Waals surface area contributed by atoms with Crippen LogP contribution in [0.3, 0.4) is 0 Å². The van der Waals surface area contributed by atoms with E-state index < -0.39 is 87.8 Å². The number of ether oxygens (including phenoxy) is 1.